The van der Waals surface area contributed by atoms with E-state index < -0.39 is 6.10 Å². The smallest absolute Gasteiger partial charge is 0.265 e. The maximum Gasteiger partial charge on any atom is 0.265 e. The van der Waals surface area contributed by atoms with Gasteiger partial charge in [0.2, 0.25) is 5.91 Å². The molecule has 0 aromatic heterocycles. The third-order valence-electron chi connectivity index (χ3n) is 3.31. The van der Waals surface area contributed by atoms with Gasteiger partial charge < -0.3 is 15.4 Å². The van der Waals surface area contributed by atoms with Crippen molar-refractivity contribution in [2.24, 2.45) is 0 Å². The summed E-state index contributed by atoms with van der Waals surface area (Å²) in [4.78, 5) is 24.7. The maximum absolute atomic E-state index is 12.0. The Balaban J connectivity index is 1.61. The van der Waals surface area contributed by atoms with Crippen LogP contribution in [-0.4, -0.2) is 23.7 Å². The normalized spacial score (nSPS) is 16.0. The summed E-state index contributed by atoms with van der Waals surface area (Å²) in [5.41, 5.74) is 1.20. The number of carbonyl (C=O) groups excluding carboxylic acids is 2. The van der Waals surface area contributed by atoms with Crippen LogP contribution >= 0.6 is 11.8 Å². The minimum Gasteiger partial charge on any atom is -0.479 e. The highest BCUT2D eigenvalue weighted by molar-refractivity contribution is 8.00. The average molecular weight is 328 g/mol. The standard InChI is InChI=1S/C17H16N2O3S/c1-11-17(21)19-14-9-12(7-8-15(14)22-11)18-16(20)10-23-13-5-3-2-4-6-13/h2-9,11H,10H2,1H3,(H,18,20)(H,19,21). The number of benzene rings is 2. The van der Waals surface area contributed by atoms with E-state index in [1.54, 1.807) is 25.1 Å². The highest BCUT2D eigenvalue weighted by Crippen LogP contribution is 2.32. The van der Waals surface area contributed by atoms with Crippen molar-refractivity contribution in [1.82, 2.24) is 0 Å². The molecule has 0 spiro atoms. The Hall–Kier alpha value is -2.47. The number of amides is 2. The molecule has 3 rings (SSSR count). The molecule has 0 aliphatic carbocycles. The number of carbonyl (C=O) groups is 2. The van der Waals surface area contributed by atoms with Gasteiger partial charge in [0.25, 0.3) is 5.91 Å². The number of fused-ring (bicyclic) bond motifs is 1. The zero-order valence-electron chi connectivity index (χ0n) is 12.5. The molecule has 1 atom stereocenters. The van der Waals surface area contributed by atoms with Gasteiger partial charge in [-0.15, -0.1) is 11.8 Å². The van der Waals surface area contributed by atoms with Crippen LogP contribution in [0.25, 0.3) is 0 Å². The van der Waals surface area contributed by atoms with E-state index in [0.29, 0.717) is 22.9 Å². The molecule has 1 aliphatic rings. The first-order valence-corrected chi connectivity index (χ1v) is 8.19. The lowest BCUT2D eigenvalue weighted by Crippen LogP contribution is -2.34. The lowest BCUT2D eigenvalue weighted by atomic mass is 10.2. The van der Waals surface area contributed by atoms with Gasteiger partial charge in [0.15, 0.2) is 6.10 Å². The molecule has 118 valence electrons. The van der Waals surface area contributed by atoms with Crippen molar-refractivity contribution < 1.29 is 14.3 Å². The molecule has 2 N–H and O–H groups in total. The Kier molecular flexibility index (Phi) is 4.52. The average Bonchev–Trinajstić information content (AvgIpc) is 2.55. The summed E-state index contributed by atoms with van der Waals surface area (Å²) in [5.74, 6) is 0.630. The van der Waals surface area contributed by atoms with Crippen molar-refractivity contribution in [2.45, 2.75) is 17.9 Å². The van der Waals surface area contributed by atoms with E-state index in [1.165, 1.54) is 11.8 Å². The van der Waals surface area contributed by atoms with E-state index in [9.17, 15) is 9.59 Å². The van der Waals surface area contributed by atoms with Gasteiger partial charge in [0, 0.05) is 10.6 Å². The summed E-state index contributed by atoms with van der Waals surface area (Å²) in [7, 11) is 0. The minimum atomic E-state index is -0.509. The van der Waals surface area contributed by atoms with Crippen LogP contribution in [0.2, 0.25) is 0 Å². The Bertz CT molecular complexity index is 734. The highest BCUT2D eigenvalue weighted by atomic mass is 32.2. The molecular formula is C17H16N2O3S. The van der Waals surface area contributed by atoms with Gasteiger partial charge in [0.1, 0.15) is 5.75 Å². The number of nitrogens with one attached hydrogen (secondary N) is 2. The first-order valence-electron chi connectivity index (χ1n) is 7.21. The molecule has 2 aromatic rings. The molecule has 0 bridgehead atoms. The molecule has 5 nitrogen and oxygen atoms in total. The molecule has 1 aliphatic heterocycles. The van der Waals surface area contributed by atoms with Crippen molar-refractivity contribution in [3.05, 3.63) is 48.5 Å². The van der Waals surface area contributed by atoms with Crippen LogP contribution in [0.1, 0.15) is 6.92 Å². The fourth-order valence-corrected chi connectivity index (χ4v) is 2.87. The van der Waals surface area contributed by atoms with Crippen molar-refractivity contribution in [1.29, 1.82) is 0 Å². The Morgan fingerprint density at radius 3 is 2.83 bits per heavy atom. The van der Waals surface area contributed by atoms with Crippen molar-refractivity contribution in [3.8, 4) is 5.75 Å². The van der Waals surface area contributed by atoms with Gasteiger partial charge in [-0.05, 0) is 37.3 Å². The number of hydrogen-bond acceptors (Lipinski definition) is 4. The van der Waals surface area contributed by atoms with Crippen molar-refractivity contribution in [3.63, 3.8) is 0 Å². The fourth-order valence-electron chi connectivity index (χ4n) is 2.15. The number of ether oxygens (including phenoxy) is 1. The summed E-state index contributed by atoms with van der Waals surface area (Å²) < 4.78 is 5.48. The summed E-state index contributed by atoms with van der Waals surface area (Å²) in [6.45, 7) is 1.69. The molecule has 0 saturated carbocycles. The summed E-state index contributed by atoms with van der Waals surface area (Å²) in [5, 5.41) is 5.58. The molecule has 0 radical (unpaired) electrons. The third kappa shape index (κ3) is 3.84. The van der Waals surface area contributed by atoms with Crippen molar-refractivity contribution in [2.75, 3.05) is 16.4 Å². The summed E-state index contributed by atoms with van der Waals surface area (Å²) in [6.07, 6.45) is -0.509. The number of anilines is 2. The van der Waals surface area contributed by atoms with E-state index in [-0.39, 0.29) is 11.8 Å². The van der Waals surface area contributed by atoms with Gasteiger partial charge in [-0.1, -0.05) is 18.2 Å². The predicted octanol–water partition coefficient (Wildman–Crippen LogP) is 3.14. The van der Waals surface area contributed by atoms with Gasteiger partial charge in [0.05, 0.1) is 11.4 Å². The second-order valence-electron chi connectivity index (χ2n) is 5.11. The summed E-state index contributed by atoms with van der Waals surface area (Å²) >= 11 is 1.47. The van der Waals surface area contributed by atoms with Crippen LogP contribution in [0, 0.1) is 0 Å². The highest BCUT2D eigenvalue weighted by Gasteiger charge is 2.23. The lowest BCUT2D eigenvalue weighted by molar-refractivity contribution is -0.122. The predicted molar refractivity (Wildman–Crippen MR) is 91.0 cm³/mol. The zero-order valence-corrected chi connectivity index (χ0v) is 13.4. The van der Waals surface area contributed by atoms with Crippen LogP contribution in [0.5, 0.6) is 5.75 Å². The fraction of sp³-hybridized carbons (Fsp3) is 0.176. The van der Waals surface area contributed by atoms with Gasteiger partial charge in [-0.3, -0.25) is 9.59 Å². The Labute approximate surface area is 138 Å². The topological polar surface area (TPSA) is 67.4 Å². The third-order valence-corrected chi connectivity index (χ3v) is 4.32. The first kappa shape index (κ1) is 15.4. The molecule has 1 heterocycles. The van der Waals surface area contributed by atoms with Crippen LogP contribution in [0.3, 0.4) is 0 Å². The van der Waals surface area contributed by atoms with Gasteiger partial charge >= 0.3 is 0 Å². The number of rotatable bonds is 4. The van der Waals surface area contributed by atoms with Crippen molar-refractivity contribution >= 4 is 35.0 Å². The molecule has 2 amide bonds. The molecule has 0 saturated heterocycles. The molecule has 0 fully saturated rings. The number of thioether (sulfide) groups is 1. The van der Waals surface area contributed by atoms with E-state index in [2.05, 4.69) is 10.6 Å². The largest absolute Gasteiger partial charge is 0.479 e. The second kappa shape index (κ2) is 6.75. The molecule has 1 unspecified atom stereocenters. The van der Waals surface area contributed by atoms with Crippen LogP contribution < -0.4 is 15.4 Å². The molecular weight excluding hydrogens is 312 g/mol. The Morgan fingerprint density at radius 1 is 1.26 bits per heavy atom. The second-order valence-corrected chi connectivity index (χ2v) is 6.16. The molecule has 6 heteroatoms. The Morgan fingerprint density at radius 2 is 2.04 bits per heavy atom. The van der Waals surface area contributed by atoms with E-state index in [0.717, 1.165) is 4.90 Å². The first-order chi connectivity index (χ1) is 11.1. The van der Waals surface area contributed by atoms with Gasteiger partial charge in [-0.2, -0.15) is 0 Å². The van der Waals surface area contributed by atoms with E-state index in [1.807, 2.05) is 30.3 Å². The van der Waals surface area contributed by atoms with Crippen LogP contribution in [-0.2, 0) is 9.59 Å². The van der Waals surface area contributed by atoms with Crippen LogP contribution in [0.4, 0.5) is 11.4 Å². The van der Waals surface area contributed by atoms with E-state index >= 15 is 0 Å². The number of hydrogen-bond donors (Lipinski definition) is 2. The zero-order chi connectivity index (χ0) is 16.2. The molecule has 2 aromatic carbocycles. The maximum atomic E-state index is 12.0. The lowest BCUT2D eigenvalue weighted by Gasteiger charge is -2.23. The quantitative estimate of drug-likeness (QED) is 0.846. The minimum absolute atomic E-state index is 0.102. The summed E-state index contributed by atoms with van der Waals surface area (Å²) in [6, 6.07) is 14.9. The monoisotopic (exact) mass is 328 g/mol. The molecule has 23 heavy (non-hydrogen) atoms. The van der Waals surface area contributed by atoms with Crippen LogP contribution in [0.15, 0.2) is 53.4 Å². The van der Waals surface area contributed by atoms with E-state index in [4.69, 9.17) is 4.74 Å². The SMILES string of the molecule is CC1Oc2ccc(NC(=O)CSc3ccccc3)cc2NC1=O. The van der Waals surface area contributed by atoms with Gasteiger partial charge in [-0.25, -0.2) is 0 Å².